The van der Waals surface area contributed by atoms with Gasteiger partial charge in [-0.15, -0.1) is 0 Å². The number of allylic oxidation sites excluding steroid dienone is 5. The number of amides is 1. The van der Waals surface area contributed by atoms with Crippen molar-refractivity contribution in [3.8, 4) is 0 Å². The second-order valence-corrected chi connectivity index (χ2v) is 9.33. The second-order valence-electron chi connectivity index (χ2n) is 8.25. The first-order valence-corrected chi connectivity index (χ1v) is 11.9. The van der Waals surface area contributed by atoms with Gasteiger partial charge in [0.15, 0.2) is 5.78 Å². The van der Waals surface area contributed by atoms with Crippen LogP contribution in [0.2, 0.25) is 0 Å². The number of nitrogens with one attached hydrogen (secondary N) is 2. The van der Waals surface area contributed by atoms with Crippen LogP contribution in [0, 0.1) is 0 Å². The van der Waals surface area contributed by atoms with E-state index in [4.69, 9.17) is 0 Å². The van der Waals surface area contributed by atoms with E-state index in [1.165, 1.54) is 23.6 Å². The SMILES string of the molecule is C=C(N[C@@H](CSC/C=C(\C)CC/C=C(\C)CCC=C(C)C)C(C)=O)C(C)NC(C)=O. The first-order valence-electron chi connectivity index (χ1n) is 10.8. The minimum Gasteiger partial charge on any atom is -0.377 e. The molecule has 0 fully saturated rings. The van der Waals surface area contributed by atoms with Crippen LogP contribution in [0.25, 0.3) is 0 Å². The maximum atomic E-state index is 11.9. The lowest BCUT2D eigenvalue weighted by Gasteiger charge is -2.22. The number of Topliss-reactive ketones (excluding diaryl/α,β-unsaturated/α-hetero) is 1. The molecule has 2 N–H and O–H groups in total. The van der Waals surface area contributed by atoms with Gasteiger partial charge in [-0.3, -0.25) is 9.59 Å². The van der Waals surface area contributed by atoms with Crippen LogP contribution in [0.1, 0.15) is 74.1 Å². The van der Waals surface area contributed by atoms with Gasteiger partial charge in [0.05, 0.1) is 12.1 Å². The molecule has 0 rings (SSSR count). The van der Waals surface area contributed by atoms with E-state index in [9.17, 15) is 9.59 Å². The Morgan fingerprint density at radius 3 is 2.00 bits per heavy atom. The van der Waals surface area contributed by atoms with E-state index in [1.807, 2.05) is 6.92 Å². The molecule has 170 valence electrons. The van der Waals surface area contributed by atoms with Crippen molar-refractivity contribution < 1.29 is 9.59 Å². The van der Waals surface area contributed by atoms with Crippen molar-refractivity contribution in [1.29, 1.82) is 0 Å². The molecule has 1 amide bonds. The highest BCUT2D eigenvalue weighted by molar-refractivity contribution is 7.99. The van der Waals surface area contributed by atoms with E-state index >= 15 is 0 Å². The summed E-state index contributed by atoms with van der Waals surface area (Å²) in [7, 11) is 0. The Kier molecular flexibility index (Phi) is 15.1. The van der Waals surface area contributed by atoms with Gasteiger partial charge < -0.3 is 10.6 Å². The Morgan fingerprint density at radius 2 is 1.47 bits per heavy atom. The molecule has 0 aliphatic rings. The number of hydrogen-bond donors (Lipinski definition) is 2. The largest absolute Gasteiger partial charge is 0.377 e. The Hall–Kier alpha value is -1.75. The summed E-state index contributed by atoms with van der Waals surface area (Å²) in [6.45, 7) is 17.5. The summed E-state index contributed by atoms with van der Waals surface area (Å²) in [6.07, 6.45) is 11.3. The predicted octanol–water partition coefficient (Wildman–Crippen LogP) is 5.72. The summed E-state index contributed by atoms with van der Waals surface area (Å²) in [5.41, 5.74) is 4.88. The maximum absolute atomic E-state index is 11.9. The van der Waals surface area contributed by atoms with Crippen molar-refractivity contribution in [2.45, 2.75) is 86.2 Å². The first-order chi connectivity index (χ1) is 14.0. The van der Waals surface area contributed by atoms with Gasteiger partial charge in [-0.1, -0.05) is 41.5 Å². The standard InChI is InChI=1S/C25H42N2O2S/c1-18(2)11-9-12-19(3)13-10-14-20(4)15-16-30-17-25(23(7)28)27-22(6)21(5)26-24(8)29/h11,13,15,21,25,27H,6,9-10,12,14,16-17H2,1-5,7-8H3,(H,26,29)/b19-13+,20-15+/t21?,25-/m0/s1. The molecule has 0 aromatic heterocycles. The molecule has 0 aromatic carbocycles. The Balaban J connectivity index is 4.31. The summed E-state index contributed by atoms with van der Waals surface area (Å²) in [5.74, 6) is 1.52. The molecular formula is C25H42N2O2S. The van der Waals surface area contributed by atoms with Gasteiger partial charge in [0.2, 0.25) is 5.91 Å². The molecule has 0 saturated heterocycles. The number of thioether (sulfide) groups is 1. The number of carbonyl (C=O) groups is 2. The van der Waals surface area contributed by atoms with E-state index < -0.39 is 0 Å². The lowest BCUT2D eigenvalue weighted by atomic mass is 10.1. The zero-order chi connectivity index (χ0) is 23.1. The van der Waals surface area contributed by atoms with Gasteiger partial charge in [-0.05, 0) is 67.2 Å². The quantitative estimate of drug-likeness (QED) is 0.255. The fourth-order valence-corrected chi connectivity index (χ4v) is 3.82. The molecule has 2 atom stereocenters. The second kappa shape index (κ2) is 16.0. The van der Waals surface area contributed by atoms with Gasteiger partial charge in [-0.25, -0.2) is 0 Å². The molecule has 0 aliphatic heterocycles. The molecule has 5 heteroatoms. The predicted molar refractivity (Wildman–Crippen MR) is 133 cm³/mol. The molecule has 0 radical (unpaired) electrons. The number of ketones is 1. The average Bonchev–Trinajstić information content (AvgIpc) is 2.62. The highest BCUT2D eigenvalue weighted by Crippen LogP contribution is 2.13. The Morgan fingerprint density at radius 1 is 0.900 bits per heavy atom. The zero-order valence-electron chi connectivity index (χ0n) is 20.1. The van der Waals surface area contributed by atoms with Crippen molar-refractivity contribution in [3.63, 3.8) is 0 Å². The van der Waals surface area contributed by atoms with Crippen LogP contribution < -0.4 is 10.6 Å². The van der Waals surface area contributed by atoms with Gasteiger partial charge in [-0.2, -0.15) is 11.8 Å². The monoisotopic (exact) mass is 434 g/mol. The van der Waals surface area contributed by atoms with Gasteiger partial charge >= 0.3 is 0 Å². The van der Waals surface area contributed by atoms with Crippen LogP contribution in [-0.4, -0.2) is 35.3 Å². The van der Waals surface area contributed by atoms with Crippen LogP contribution >= 0.6 is 11.8 Å². The third kappa shape index (κ3) is 15.1. The van der Waals surface area contributed by atoms with Crippen molar-refractivity contribution in [2.75, 3.05) is 11.5 Å². The minimum atomic E-state index is -0.293. The normalized spacial score (nSPS) is 14.0. The minimum absolute atomic E-state index is 0.0769. The van der Waals surface area contributed by atoms with E-state index in [0.717, 1.165) is 31.4 Å². The Bertz CT molecular complexity index is 658. The Labute approximate surface area is 188 Å². The fourth-order valence-electron chi connectivity index (χ4n) is 2.73. The molecule has 30 heavy (non-hydrogen) atoms. The molecule has 0 saturated carbocycles. The van der Waals surface area contributed by atoms with Gasteiger partial charge in [0.1, 0.15) is 0 Å². The molecular weight excluding hydrogens is 392 g/mol. The summed E-state index contributed by atoms with van der Waals surface area (Å²) in [4.78, 5) is 23.1. The molecule has 4 nitrogen and oxygen atoms in total. The van der Waals surface area contributed by atoms with Crippen molar-refractivity contribution in [2.24, 2.45) is 0 Å². The fraction of sp³-hybridized carbons (Fsp3) is 0.600. The molecule has 0 spiro atoms. The van der Waals surface area contributed by atoms with E-state index in [-0.39, 0.29) is 23.8 Å². The number of rotatable bonds is 15. The third-order valence-corrected chi connectivity index (χ3v) is 5.72. The van der Waals surface area contributed by atoms with Crippen molar-refractivity contribution in [1.82, 2.24) is 10.6 Å². The van der Waals surface area contributed by atoms with E-state index in [2.05, 4.69) is 63.1 Å². The van der Waals surface area contributed by atoms with E-state index in [0.29, 0.717) is 11.4 Å². The van der Waals surface area contributed by atoms with Crippen LogP contribution in [0.3, 0.4) is 0 Å². The first kappa shape index (κ1) is 28.2. The highest BCUT2D eigenvalue weighted by atomic mass is 32.2. The number of hydrogen-bond acceptors (Lipinski definition) is 4. The van der Waals surface area contributed by atoms with Gasteiger partial charge in [0, 0.05) is 24.1 Å². The summed E-state index contributed by atoms with van der Waals surface area (Å²) >= 11 is 1.73. The molecule has 0 aromatic rings. The van der Waals surface area contributed by atoms with Crippen LogP contribution in [0.4, 0.5) is 0 Å². The summed E-state index contributed by atoms with van der Waals surface area (Å²) in [6, 6.07) is -0.506. The molecule has 1 unspecified atom stereocenters. The molecule has 0 heterocycles. The van der Waals surface area contributed by atoms with E-state index in [1.54, 1.807) is 18.7 Å². The molecule has 0 aliphatic carbocycles. The average molecular weight is 435 g/mol. The van der Waals surface area contributed by atoms with Crippen LogP contribution in [0.5, 0.6) is 0 Å². The van der Waals surface area contributed by atoms with Gasteiger partial charge in [0.25, 0.3) is 0 Å². The lowest BCUT2D eigenvalue weighted by molar-refractivity contribution is -0.119. The lowest BCUT2D eigenvalue weighted by Crippen LogP contribution is -2.43. The number of carbonyl (C=O) groups excluding carboxylic acids is 2. The smallest absolute Gasteiger partial charge is 0.217 e. The van der Waals surface area contributed by atoms with Crippen molar-refractivity contribution >= 4 is 23.5 Å². The topological polar surface area (TPSA) is 58.2 Å². The highest BCUT2D eigenvalue weighted by Gasteiger charge is 2.17. The maximum Gasteiger partial charge on any atom is 0.217 e. The van der Waals surface area contributed by atoms with Crippen molar-refractivity contribution in [3.05, 3.63) is 47.2 Å². The third-order valence-electron chi connectivity index (χ3n) is 4.75. The van der Waals surface area contributed by atoms with Crippen LogP contribution in [0.15, 0.2) is 47.2 Å². The zero-order valence-corrected chi connectivity index (χ0v) is 20.9. The summed E-state index contributed by atoms with van der Waals surface area (Å²) in [5, 5.41) is 5.94. The summed E-state index contributed by atoms with van der Waals surface area (Å²) < 4.78 is 0. The molecule has 0 bridgehead atoms. The van der Waals surface area contributed by atoms with Crippen LogP contribution in [-0.2, 0) is 9.59 Å².